The van der Waals surface area contributed by atoms with E-state index < -0.39 is 0 Å². The minimum absolute atomic E-state index is 0.0543. The van der Waals surface area contributed by atoms with Crippen molar-refractivity contribution >= 4 is 5.97 Å². The summed E-state index contributed by atoms with van der Waals surface area (Å²) in [5.41, 5.74) is 1.34. The highest BCUT2D eigenvalue weighted by molar-refractivity contribution is 5.75. The summed E-state index contributed by atoms with van der Waals surface area (Å²) < 4.78 is 5.31. The molecule has 4 heteroatoms. The van der Waals surface area contributed by atoms with Crippen molar-refractivity contribution in [3.63, 3.8) is 0 Å². The minimum atomic E-state index is -0.0877. The molecule has 4 nitrogen and oxygen atoms in total. The van der Waals surface area contributed by atoms with Gasteiger partial charge in [0.2, 0.25) is 0 Å². The quantitative estimate of drug-likeness (QED) is 0.748. The van der Waals surface area contributed by atoms with Crippen LogP contribution in [-0.4, -0.2) is 49.2 Å². The molecule has 1 aliphatic heterocycles. The standard InChI is InChI=1S/C19H30N2O2/c1-3-5-11-18(19(22)23-4-2)21-13-12-20-17(15-21)14-16-9-7-6-8-10-16/h6-10,17-18,20H,3-5,11-15H2,1-2H3/t17-,18?/m1/s1. The van der Waals surface area contributed by atoms with Gasteiger partial charge >= 0.3 is 5.97 Å². The zero-order chi connectivity index (χ0) is 16.5. The molecule has 0 saturated carbocycles. The molecule has 1 aromatic carbocycles. The topological polar surface area (TPSA) is 41.6 Å². The van der Waals surface area contributed by atoms with Crippen molar-refractivity contribution in [2.24, 2.45) is 0 Å². The summed E-state index contributed by atoms with van der Waals surface area (Å²) in [7, 11) is 0. The summed E-state index contributed by atoms with van der Waals surface area (Å²) in [6.07, 6.45) is 4.07. The molecular formula is C19H30N2O2. The van der Waals surface area contributed by atoms with Crippen LogP contribution >= 0.6 is 0 Å². The van der Waals surface area contributed by atoms with Crippen LogP contribution in [0.1, 0.15) is 38.7 Å². The van der Waals surface area contributed by atoms with Gasteiger partial charge in [-0.3, -0.25) is 9.69 Å². The van der Waals surface area contributed by atoms with Gasteiger partial charge in [0.05, 0.1) is 6.61 Å². The fourth-order valence-corrected chi connectivity index (χ4v) is 3.26. The van der Waals surface area contributed by atoms with Crippen LogP contribution in [0.15, 0.2) is 30.3 Å². The zero-order valence-electron chi connectivity index (χ0n) is 14.5. The van der Waals surface area contributed by atoms with Gasteiger partial charge in [-0.1, -0.05) is 50.1 Å². The van der Waals surface area contributed by atoms with Gasteiger partial charge in [0.1, 0.15) is 6.04 Å². The second-order valence-corrected chi connectivity index (χ2v) is 6.25. The van der Waals surface area contributed by atoms with E-state index in [1.54, 1.807) is 0 Å². The molecule has 1 aliphatic rings. The normalized spacial score (nSPS) is 20.2. The van der Waals surface area contributed by atoms with Crippen molar-refractivity contribution in [1.82, 2.24) is 10.2 Å². The smallest absolute Gasteiger partial charge is 0.323 e. The number of esters is 1. The Bertz CT molecular complexity index is 464. The van der Waals surface area contributed by atoms with Crippen molar-refractivity contribution in [2.45, 2.75) is 51.6 Å². The third kappa shape index (κ3) is 5.63. The van der Waals surface area contributed by atoms with Crippen LogP contribution in [0.25, 0.3) is 0 Å². The van der Waals surface area contributed by atoms with Crippen molar-refractivity contribution in [3.8, 4) is 0 Å². The Morgan fingerprint density at radius 2 is 2.13 bits per heavy atom. The van der Waals surface area contributed by atoms with Gasteiger partial charge in [-0.25, -0.2) is 0 Å². The Morgan fingerprint density at radius 3 is 2.83 bits per heavy atom. The molecule has 0 bridgehead atoms. The molecule has 1 fully saturated rings. The fraction of sp³-hybridized carbons (Fsp3) is 0.632. The van der Waals surface area contributed by atoms with Crippen LogP contribution in [0.3, 0.4) is 0 Å². The number of benzene rings is 1. The van der Waals surface area contributed by atoms with Crippen molar-refractivity contribution in [3.05, 3.63) is 35.9 Å². The fourth-order valence-electron chi connectivity index (χ4n) is 3.26. The maximum Gasteiger partial charge on any atom is 0.323 e. The van der Waals surface area contributed by atoms with E-state index in [-0.39, 0.29) is 12.0 Å². The van der Waals surface area contributed by atoms with Crippen LogP contribution in [0.2, 0.25) is 0 Å². The van der Waals surface area contributed by atoms with E-state index >= 15 is 0 Å². The summed E-state index contributed by atoms with van der Waals surface area (Å²) in [6.45, 7) is 7.25. The minimum Gasteiger partial charge on any atom is -0.465 e. The number of carbonyl (C=O) groups is 1. The second kappa shape index (κ2) is 9.68. The average Bonchev–Trinajstić information content (AvgIpc) is 2.57. The molecule has 0 aliphatic carbocycles. The molecule has 2 atom stereocenters. The number of piperazine rings is 1. The molecule has 0 radical (unpaired) electrons. The summed E-state index contributed by atoms with van der Waals surface area (Å²) in [5.74, 6) is -0.0543. The largest absolute Gasteiger partial charge is 0.465 e. The number of carbonyl (C=O) groups excluding carboxylic acids is 1. The molecule has 1 heterocycles. The summed E-state index contributed by atoms with van der Waals surface area (Å²) in [5, 5.41) is 3.59. The van der Waals surface area contributed by atoms with Gasteiger partial charge in [0, 0.05) is 25.7 Å². The Morgan fingerprint density at radius 1 is 1.35 bits per heavy atom. The number of hydrogen-bond acceptors (Lipinski definition) is 4. The monoisotopic (exact) mass is 318 g/mol. The first kappa shape index (κ1) is 18.0. The molecule has 0 aromatic heterocycles. The Balaban J connectivity index is 1.97. The Labute approximate surface area is 140 Å². The van der Waals surface area contributed by atoms with Crippen molar-refractivity contribution in [1.29, 1.82) is 0 Å². The molecule has 0 amide bonds. The number of ether oxygens (including phenoxy) is 1. The molecular weight excluding hydrogens is 288 g/mol. The molecule has 1 saturated heterocycles. The lowest BCUT2D eigenvalue weighted by Crippen LogP contribution is -2.56. The highest BCUT2D eigenvalue weighted by Crippen LogP contribution is 2.15. The van der Waals surface area contributed by atoms with Gasteiger partial charge < -0.3 is 10.1 Å². The number of hydrogen-bond donors (Lipinski definition) is 1. The molecule has 2 rings (SSSR count). The van der Waals surface area contributed by atoms with Gasteiger partial charge in [0.25, 0.3) is 0 Å². The predicted octanol–water partition coefficient (Wildman–Crippen LogP) is 2.62. The number of unbranched alkanes of at least 4 members (excludes halogenated alkanes) is 1. The SMILES string of the molecule is CCCCC(C(=O)OCC)N1CCN[C@H](Cc2ccccc2)C1. The van der Waals surface area contributed by atoms with Gasteiger partial charge in [-0.15, -0.1) is 0 Å². The molecule has 128 valence electrons. The van der Waals surface area contributed by atoms with Crippen LogP contribution in [0.5, 0.6) is 0 Å². The first-order valence-electron chi connectivity index (χ1n) is 8.92. The summed E-state index contributed by atoms with van der Waals surface area (Å²) in [4.78, 5) is 14.6. The first-order chi connectivity index (χ1) is 11.2. The maximum atomic E-state index is 12.3. The van der Waals surface area contributed by atoms with E-state index in [4.69, 9.17) is 4.74 Å². The van der Waals surface area contributed by atoms with Gasteiger partial charge in [-0.05, 0) is 25.3 Å². The van der Waals surface area contributed by atoms with Gasteiger partial charge in [0.15, 0.2) is 0 Å². The summed E-state index contributed by atoms with van der Waals surface area (Å²) in [6, 6.07) is 10.9. The van der Waals surface area contributed by atoms with Crippen molar-refractivity contribution < 1.29 is 9.53 Å². The molecule has 23 heavy (non-hydrogen) atoms. The highest BCUT2D eigenvalue weighted by Gasteiger charge is 2.30. The van der Waals surface area contributed by atoms with E-state index in [9.17, 15) is 4.79 Å². The van der Waals surface area contributed by atoms with Gasteiger partial charge in [-0.2, -0.15) is 0 Å². The Hall–Kier alpha value is -1.39. The zero-order valence-corrected chi connectivity index (χ0v) is 14.5. The van der Waals surface area contributed by atoms with E-state index in [2.05, 4.69) is 41.4 Å². The van der Waals surface area contributed by atoms with Crippen LogP contribution in [-0.2, 0) is 16.0 Å². The molecule has 1 aromatic rings. The van der Waals surface area contributed by atoms with Crippen LogP contribution in [0.4, 0.5) is 0 Å². The third-order valence-corrected chi connectivity index (χ3v) is 4.44. The molecule has 1 unspecified atom stereocenters. The molecule has 0 spiro atoms. The van der Waals surface area contributed by atoms with E-state index in [1.807, 2.05) is 13.0 Å². The average molecular weight is 318 g/mol. The predicted molar refractivity (Wildman–Crippen MR) is 93.5 cm³/mol. The second-order valence-electron chi connectivity index (χ2n) is 6.25. The third-order valence-electron chi connectivity index (χ3n) is 4.44. The number of rotatable bonds is 8. The maximum absolute atomic E-state index is 12.3. The van der Waals surface area contributed by atoms with E-state index in [1.165, 1.54) is 5.56 Å². The van der Waals surface area contributed by atoms with Crippen molar-refractivity contribution in [2.75, 3.05) is 26.2 Å². The van der Waals surface area contributed by atoms with E-state index in [0.717, 1.165) is 45.3 Å². The number of nitrogens with zero attached hydrogens (tertiary/aromatic N) is 1. The summed E-state index contributed by atoms with van der Waals surface area (Å²) >= 11 is 0. The first-order valence-corrected chi connectivity index (χ1v) is 8.92. The number of nitrogens with one attached hydrogen (secondary N) is 1. The van der Waals surface area contributed by atoms with Crippen LogP contribution < -0.4 is 5.32 Å². The lowest BCUT2D eigenvalue weighted by atomic mass is 10.0. The Kier molecular flexibility index (Phi) is 7.56. The van der Waals surface area contributed by atoms with E-state index in [0.29, 0.717) is 12.6 Å². The van der Waals surface area contributed by atoms with Crippen LogP contribution in [0, 0.1) is 0 Å². The highest BCUT2D eigenvalue weighted by atomic mass is 16.5. The molecule has 1 N–H and O–H groups in total. The lowest BCUT2D eigenvalue weighted by Gasteiger charge is -2.38. The lowest BCUT2D eigenvalue weighted by molar-refractivity contribution is -0.150.